The number of hydrogen-bond acceptors (Lipinski definition) is 3. The van der Waals surface area contributed by atoms with E-state index in [1.54, 1.807) is 17.1 Å². The van der Waals surface area contributed by atoms with E-state index in [1.165, 1.54) is 22.3 Å². The highest BCUT2D eigenvalue weighted by Crippen LogP contribution is 2.37. The normalized spacial score (nSPS) is 11.8. The van der Waals surface area contributed by atoms with E-state index in [1.807, 2.05) is 31.2 Å². The lowest BCUT2D eigenvalue weighted by Gasteiger charge is -2.09. The second kappa shape index (κ2) is 7.02. The number of rotatable bonds is 4. The Bertz CT molecular complexity index is 1210. The van der Waals surface area contributed by atoms with Crippen LogP contribution >= 0.6 is 0 Å². The van der Waals surface area contributed by atoms with E-state index in [-0.39, 0.29) is 5.91 Å². The van der Waals surface area contributed by atoms with Gasteiger partial charge in [0, 0.05) is 11.9 Å². The lowest BCUT2D eigenvalue weighted by atomic mass is 10.1. The van der Waals surface area contributed by atoms with Gasteiger partial charge in [-0.05, 0) is 59.4 Å². The molecule has 0 radical (unpaired) electrons. The monoisotopic (exact) mass is 380 g/mol. The Hall–Kier alpha value is -3.73. The van der Waals surface area contributed by atoms with Gasteiger partial charge in [0.1, 0.15) is 0 Å². The second-order valence-electron chi connectivity index (χ2n) is 7.12. The average molecular weight is 380 g/mol. The van der Waals surface area contributed by atoms with Crippen LogP contribution in [0.4, 0.5) is 5.69 Å². The Morgan fingerprint density at radius 3 is 2.69 bits per heavy atom. The smallest absolute Gasteiger partial charge is 0.259 e. The molecule has 2 heterocycles. The van der Waals surface area contributed by atoms with Gasteiger partial charge in [-0.3, -0.25) is 4.79 Å². The fourth-order valence-electron chi connectivity index (χ4n) is 4.00. The van der Waals surface area contributed by atoms with Crippen LogP contribution in [0.15, 0.2) is 73.1 Å². The minimum atomic E-state index is -0.153. The quantitative estimate of drug-likeness (QED) is 0.494. The van der Waals surface area contributed by atoms with Crippen LogP contribution in [0.3, 0.4) is 0 Å². The van der Waals surface area contributed by atoms with Gasteiger partial charge in [-0.1, -0.05) is 43.3 Å². The molecule has 0 fully saturated rings. The molecule has 5 heteroatoms. The number of carbonyl (C=O) groups is 1. The third-order valence-electron chi connectivity index (χ3n) is 5.37. The lowest BCUT2D eigenvalue weighted by molar-refractivity contribution is 0.102. The minimum absolute atomic E-state index is 0.153. The van der Waals surface area contributed by atoms with E-state index in [2.05, 4.69) is 51.8 Å². The largest absolute Gasteiger partial charge is 0.322 e. The number of hydrogen-bond donors (Lipinski definition) is 1. The van der Waals surface area contributed by atoms with Gasteiger partial charge in [0.25, 0.3) is 5.91 Å². The standard InChI is InChI=1S/C24H20N4O/c1-2-22-21(15-26-28(22)23-9-5-6-12-25-23)24(29)27-18-10-11-20-17(14-18)13-16-7-3-4-8-19(16)20/h3-12,14-15H,2,13H2,1H3,(H,27,29). The maximum absolute atomic E-state index is 13.0. The van der Waals surface area contributed by atoms with E-state index >= 15 is 0 Å². The molecule has 5 rings (SSSR count). The highest BCUT2D eigenvalue weighted by molar-refractivity contribution is 6.05. The number of benzene rings is 2. The molecule has 142 valence electrons. The fraction of sp³-hybridized carbons (Fsp3) is 0.125. The van der Waals surface area contributed by atoms with Crippen molar-refractivity contribution in [3.63, 3.8) is 0 Å². The summed E-state index contributed by atoms with van der Waals surface area (Å²) in [5.74, 6) is 0.554. The summed E-state index contributed by atoms with van der Waals surface area (Å²) in [6.07, 6.45) is 4.91. The molecule has 29 heavy (non-hydrogen) atoms. The zero-order chi connectivity index (χ0) is 19.8. The Morgan fingerprint density at radius 2 is 1.86 bits per heavy atom. The number of pyridine rings is 1. The molecule has 0 atom stereocenters. The van der Waals surface area contributed by atoms with Crippen LogP contribution in [-0.4, -0.2) is 20.7 Å². The highest BCUT2D eigenvalue weighted by Gasteiger charge is 2.20. The third kappa shape index (κ3) is 3.01. The summed E-state index contributed by atoms with van der Waals surface area (Å²) >= 11 is 0. The molecule has 1 amide bonds. The predicted octanol–water partition coefficient (Wildman–Crippen LogP) is 4.65. The topological polar surface area (TPSA) is 59.8 Å². The van der Waals surface area contributed by atoms with Gasteiger partial charge < -0.3 is 5.32 Å². The van der Waals surface area contributed by atoms with Crippen LogP contribution in [0, 0.1) is 0 Å². The van der Waals surface area contributed by atoms with E-state index < -0.39 is 0 Å². The van der Waals surface area contributed by atoms with E-state index in [0.717, 1.165) is 17.8 Å². The Balaban J connectivity index is 1.42. The Kier molecular flexibility index (Phi) is 4.21. The van der Waals surface area contributed by atoms with Gasteiger partial charge >= 0.3 is 0 Å². The Morgan fingerprint density at radius 1 is 1.03 bits per heavy atom. The van der Waals surface area contributed by atoms with Crippen LogP contribution in [0.2, 0.25) is 0 Å². The maximum Gasteiger partial charge on any atom is 0.259 e. The van der Waals surface area contributed by atoms with Crippen molar-refractivity contribution in [3.8, 4) is 16.9 Å². The molecule has 0 spiro atoms. The Labute approximate surface area is 169 Å². The summed E-state index contributed by atoms with van der Waals surface area (Å²) in [6.45, 7) is 2.01. The van der Waals surface area contributed by atoms with Crippen LogP contribution in [-0.2, 0) is 12.8 Å². The molecular formula is C24H20N4O. The number of nitrogens with one attached hydrogen (secondary N) is 1. The maximum atomic E-state index is 13.0. The number of nitrogens with zero attached hydrogens (tertiary/aromatic N) is 3. The van der Waals surface area contributed by atoms with Crippen molar-refractivity contribution in [2.24, 2.45) is 0 Å². The molecule has 0 saturated carbocycles. The van der Waals surface area contributed by atoms with E-state index in [4.69, 9.17) is 0 Å². The summed E-state index contributed by atoms with van der Waals surface area (Å²) in [7, 11) is 0. The minimum Gasteiger partial charge on any atom is -0.322 e. The molecule has 1 aliphatic rings. The molecule has 5 nitrogen and oxygen atoms in total. The molecular weight excluding hydrogens is 360 g/mol. The van der Waals surface area contributed by atoms with Gasteiger partial charge in [-0.25, -0.2) is 9.67 Å². The first-order valence-corrected chi connectivity index (χ1v) is 9.75. The van der Waals surface area contributed by atoms with Crippen molar-refractivity contribution in [2.45, 2.75) is 19.8 Å². The molecule has 0 unspecified atom stereocenters. The molecule has 2 aromatic heterocycles. The van der Waals surface area contributed by atoms with Crippen molar-refractivity contribution < 1.29 is 4.79 Å². The zero-order valence-electron chi connectivity index (χ0n) is 16.1. The van der Waals surface area contributed by atoms with E-state index in [9.17, 15) is 4.79 Å². The van der Waals surface area contributed by atoms with Gasteiger partial charge in [-0.2, -0.15) is 5.10 Å². The average Bonchev–Trinajstić information content (AvgIpc) is 3.35. The molecule has 1 N–H and O–H groups in total. The zero-order valence-corrected chi connectivity index (χ0v) is 16.1. The molecule has 1 aliphatic carbocycles. The van der Waals surface area contributed by atoms with Gasteiger partial charge in [0.15, 0.2) is 5.82 Å². The highest BCUT2D eigenvalue weighted by atomic mass is 16.1. The second-order valence-corrected chi connectivity index (χ2v) is 7.12. The molecule has 0 aliphatic heterocycles. The first-order chi connectivity index (χ1) is 14.2. The summed E-state index contributed by atoms with van der Waals surface area (Å²) in [6, 6.07) is 20.2. The molecule has 0 bridgehead atoms. The number of amides is 1. The van der Waals surface area contributed by atoms with Crippen LogP contribution in [0.1, 0.15) is 34.1 Å². The number of carbonyl (C=O) groups excluding carboxylic acids is 1. The van der Waals surface area contributed by atoms with Crippen molar-refractivity contribution in [3.05, 3.63) is 95.4 Å². The summed E-state index contributed by atoms with van der Waals surface area (Å²) in [5.41, 5.74) is 7.31. The third-order valence-corrected chi connectivity index (χ3v) is 5.37. The van der Waals surface area contributed by atoms with Crippen molar-refractivity contribution in [1.82, 2.24) is 14.8 Å². The first-order valence-electron chi connectivity index (χ1n) is 9.75. The summed E-state index contributed by atoms with van der Waals surface area (Å²) in [4.78, 5) is 17.3. The molecule has 4 aromatic rings. The molecule has 2 aromatic carbocycles. The van der Waals surface area contributed by atoms with Crippen LogP contribution in [0.25, 0.3) is 16.9 Å². The van der Waals surface area contributed by atoms with Gasteiger partial charge in [0.05, 0.1) is 17.5 Å². The van der Waals surface area contributed by atoms with Crippen molar-refractivity contribution >= 4 is 11.6 Å². The van der Waals surface area contributed by atoms with E-state index in [0.29, 0.717) is 17.8 Å². The fourth-order valence-corrected chi connectivity index (χ4v) is 4.00. The number of anilines is 1. The first kappa shape index (κ1) is 17.4. The number of aromatic nitrogens is 3. The van der Waals surface area contributed by atoms with Crippen molar-refractivity contribution in [1.29, 1.82) is 0 Å². The molecule has 0 saturated heterocycles. The summed E-state index contributed by atoms with van der Waals surface area (Å²) in [5, 5.41) is 7.44. The number of fused-ring (bicyclic) bond motifs is 3. The SMILES string of the molecule is CCc1c(C(=O)Nc2ccc3c(c2)Cc2ccccc2-3)cnn1-c1ccccn1. The summed E-state index contributed by atoms with van der Waals surface area (Å²) < 4.78 is 1.73. The lowest BCUT2D eigenvalue weighted by Crippen LogP contribution is -2.14. The van der Waals surface area contributed by atoms with Gasteiger partial charge in [-0.15, -0.1) is 0 Å². The van der Waals surface area contributed by atoms with Gasteiger partial charge in [0.2, 0.25) is 0 Å². The van der Waals surface area contributed by atoms with Crippen LogP contribution < -0.4 is 5.32 Å². The van der Waals surface area contributed by atoms with Crippen LogP contribution in [0.5, 0.6) is 0 Å². The van der Waals surface area contributed by atoms with Crippen molar-refractivity contribution in [2.75, 3.05) is 5.32 Å². The predicted molar refractivity (Wildman–Crippen MR) is 113 cm³/mol.